The van der Waals surface area contributed by atoms with Gasteiger partial charge in [-0.1, -0.05) is 24.4 Å². The monoisotopic (exact) mass is 305 g/mol. The van der Waals surface area contributed by atoms with Crippen molar-refractivity contribution in [2.75, 3.05) is 13.2 Å². The highest BCUT2D eigenvalue weighted by molar-refractivity contribution is 6.33. The molecule has 4 nitrogen and oxygen atoms in total. The first-order valence-electron chi connectivity index (χ1n) is 7.49. The minimum atomic E-state index is -0.488. The van der Waals surface area contributed by atoms with E-state index in [4.69, 9.17) is 21.1 Å². The summed E-state index contributed by atoms with van der Waals surface area (Å²) in [6, 6.07) is 0. The molecule has 1 saturated carbocycles. The van der Waals surface area contributed by atoms with Gasteiger partial charge in [0.05, 0.1) is 18.2 Å². The summed E-state index contributed by atoms with van der Waals surface area (Å²) in [4.78, 5) is 15.2. The highest BCUT2D eigenvalue weighted by Gasteiger charge is 2.44. The van der Waals surface area contributed by atoms with E-state index in [1.165, 1.54) is 0 Å². The van der Waals surface area contributed by atoms with Crippen LogP contribution in [0, 0.1) is 0 Å². The zero-order valence-corrected chi connectivity index (χ0v) is 12.5. The van der Waals surface area contributed by atoms with Crippen molar-refractivity contribution in [2.45, 2.75) is 44.1 Å². The molecule has 110 valence electrons. The first kappa shape index (κ1) is 13.2. The number of carbonyl (C=O) groups excluding carboxylic acids is 1. The van der Waals surface area contributed by atoms with Gasteiger partial charge >= 0.3 is 0 Å². The Kier molecular flexibility index (Phi) is 2.98. The van der Waals surface area contributed by atoms with Gasteiger partial charge in [-0.3, -0.25) is 0 Å². The number of benzene rings is 1. The van der Waals surface area contributed by atoms with E-state index in [0.29, 0.717) is 18.2 Å². The summed E-state index contributed by atoms with van der Waals surface area (Å²) in [5, 5.41) is 0.682. The summed E-state index contributed by atoms with van der Waals surface area (Å²) >= 11 is 6.49. The largest absolute Gasteiger partial charge is 0.492 e. The van der Waals surface area contributed by atoms with Crippen molar-refractivity contribution in [3.8, 4) is 11.5 Å². The normalized spacial score (nSPS) is 21.2. The van der Waals surface area contributed by atoms with Gasteiger partial charge in [0.1, 0.15) is 17.0 Å². The van der Waals surface area contributed by atoms with Crippen molar-refractivity contribution in [1.29, 1.82) is 0 Å². The van der Waals surface area contributed by atoms with E-state index in [1.807, 2.05) is 0 Å². The van der Waals surface area contributed by atoms with E-state index in [1.54, 1.807) is 6.08 Å². The maximum Gasteiger partial charge on any atom is 0.235 e. The number of nitrogens with zero attached hydrogens (tertiary/aromatic N) is 1. The van der Waals surface area contributed by atoms with Gasteiger partial charge in [0.25, 0.3) is 0 Å². The van der Waals surface area contributed by atoms with E-state index in [-0.39, 0.29) is 0 Å². The lowest BCUT2D eigenvalue weighted by Gasteiger charge is -2.27. The third-order valence-electron chi connectivity index (χ3n) is 4.89. The highest BCUT2D eigenvalue weighted by atomic mass is 35.5. The van der Waals surface area contributed by atoms with Crippen LogP contribution in [-0.4, -0.2) is 19.3 Å². The fourth-order valence-corrected chi connectivity index (χ4v) is 4.36. The Bertz CT molecular complexity index is 623. The SMILES string of the molecule is O=C=NC1(c2c3c(c(Cl)c4c2OCC4)OCC3)CCCC1. The molecule has 0 radical (unpaired) electrons. The average Bonchev–Trinajstić information content (AvgIpc) is 3.18. The van der Waals surface area contributed by atoms with Crippen molar-refractivity contribution in [2.24, 2.45) is 4.99 Å². The number of fused-ring (bicyclic) bond motifs is 2. The Morgan fingerprint density at radius 3 is 2.43 bits per heavy atom. The molecule has 0 atom stereocenters. The molecular formula is C16H16ClNO3. The van der Waals surface area contributed by atoms with Gasteiger partial charge in [0, 0.05) is 29.5 Å². The molecule has 2 aliphatic heterocycles. The molecule has 1 aromatic rings. The number of rotatable bonds is 2. The molecule has 0 amide bonds. The molecule has 1 aliphatic carbocycles. The van der Waals surface area contributed by atoms with E-state index in [2.05, 4.69) is 4.99 Å². The maximum atomic E-state index is 11.0. The Balaban J connectivity index is 2.03. The van der Waals surface area contributed by atoms with Crippen molar-refractivity contribution in [1.82, 2.24) is 0 Å². The molecule has 0 unspecified atom stereocenters. The van der Waals surface area contributed by atoms with Crippen LogP contribution in [0.1, 0.15) is 42.4 Å². The van der Waals surface area contributed by atoms with E-state index < -0.39 is 5.54 Å². The smallest absolute Gasteiger partial charge is 0.235 e. The fraction of sp³-hybridized carbons (Fsp3) is 0.562. The van der Waals surface area contributed by atoms with E-state index >= 15 is 0 Å². The quantitative estimate of drug-likeness (QED) is 0.622. The van der Waals surface area contributed by atoms with Crippen LogP contribution >= 0.6 is 11.6 Å². The molecule has 1 fully saturated rings. The maximum absolute atomic E-state index is 11.0. The van der Waals surface area contributed by atoms with Gasteiger partial charge in [-0.15, -0.1) is 0 Å². The zero-order valence-electron chi connectivity index (χ0n) is 11.7. The lowest BCUT2D eigenvalue weighted by Crippen LogP contribution is -2.22. The summed E-state index contributed by atoms with van der Waals surface area (Å²) in [6.45, 7) is 1.26. The van der Waals surface area contributed by atoms with Gasteiger partial charge in [0.2, 0.25) is 6.08 Å². The predicted molar refractivity (Wildman–Crippen MR) is 78.1 cm³/mol. The molecule has 5 heteroatoms. The van der Waals surface area contributed by atoms with Crippen LogP contribution in [0.25, 0.3) is 0 Å². The van der Waals surface area contributed by atoms with Crippen molar-refractivity contribution in [3.63, 3.8) is 0 Å². The summed E-state index contributed by atoms with van der Waals surface area (Å²) in [5.41, 5.74) is 2.66. The lowest BCUT2D eigenvalue weighted by atomic mass is 9.82. The fourth-order valence-electron chi connectivity index (χ4n) is 4.01. The second kappa shape index (κ2) is 4.75. The molecule has 3 aliphatic rings. The second-order valence-corrected chi connectivity index (χ2v) is 6.32. The Labute approximate surface area is 128 Å². The minimum Gasteiger partial charge on any atom is -0.492 e. The summed E-state index contributed by atoms with van der Waals surface area (Å²) < 4.78 is 11.6. The van der Waals surface area contributed by atoms with Gasteiger partial charge in [-0.2, -0.15) is 4.99 Å². The molecule has 1 aromatic carbocycles. The van der Waals surface area contributed by atoms with Crippen LogP contribution < -0.4 is 9.47 Å². The number of hydrogen-bond donors (Lipinski definition) is 0. The predicted octanol–water partition coefficient (Wildman–Crippen LogP) is 3.31. The van der Waals surface area contributed by atoms with Gasteiger partial charge in [0.15, 0.2) is 0 Å². The average molecular weight is 306 g/mol. The van der Waals surface area contributed by atoms with Crippen LogP contribution in [-0.2, 0) is 23.2 Å². The zero-order chi connectivity index (χ0) is 14.4. The Morgan fingerprint density at radius 1 is 1.05 bits per heavy atom. The highest BCUT2D eigenvalue weighted by Crippen LogP contribution is 2.55. The second-order valence-electron chi connectivity index (χ2n) is 5.94. The number of hydrogen-bond acceptors (Lipinski definition) is 4. The number of aliphatic imine (C=N–C) groups is 1. The summed E-state index contributed by atoms with van der Waals surface area (Å²) in [6.07, 6.45) is 7.25. The molecule has 0 aromatic heterocycles. The van der Waals surface area contributed by atoms with Crippen LogP contribution in [0.15, 0.2) is 4.99 Å². The molecule has 2 heterocycles. The van der Waals surface area contributed by atoms with Gasteiger partial charge in [-0.25, -0.2) is 4.79 Å². The molecule has 0 bridgehead atoms. The molecule has 0 spiro atoms. The number of ether oxygens (including phenoxy) is 2. The van der Waals surface area contributed by atoms with E-state index in [0.717, 1.165) is 66.7 Å². The molecular weight excluding hydrogens is 290 g/mol. The van der Waals surface area contributed by atoms with Crippen molar-refractivity contribution < 1.29 is 14.3 Å². The van der Waals surface area contributed by atoms with Crippen LogP contribution in [0.5, 0.6) is 11.5 Å². The minimum absolute atomic E-state index is 0.488. The molecule has 4 rings (SSSR count). The van der Waals surface area contributed by atoms with E-state index in [9.17, 15) is 4.79 Å². The summed E-state index contributed by atoms with van der Waals surface area (Å²) in [7, 11) is 0. The Morgan fingerprint density at radius 2 is 1.71 bits per heavy atom. The van der Waals surface area contributed by atoms with Crippen LogP contribution in [0.2, 0.25) is 5.02 Å². The molecule has 0 saturated heterocycles. The number of isocyanates is 1. The number of halogens is 1. The van der Waals surface area contributed by atoms with Gasteiger partial charge in [-0.05, 0) is 12.8 Å². The standard InChI is InChI=1S/C16H16ClNO3/c17-13-11-4-8-20-14(11)12(10-3-7-21-15(10)13)16(18-9-19)5-1-2-6-16/h1-8H2. The first-order valence-corrected chi connectivity index (χ1v) is 7.87. The first-order chi connectivity index (χ1) is 10.3. The van der Waals surface area contributed by atoms with Crippen molar-refractivity contribution in [3.05, 3.63) is 21.7 Å². The topological polar surface area (TPSA) is 47.9 Å². The molecule has 0 N–H and O–H groups in total. The van der Waals surface area contributed by atoms with Gasteiger partial charge < -0.3 is 9.47 Å². The molecule has 21 heavy (non-hydrogen) atoms. The van der Waals surface area contributed by atoms with Crippen LogP contribution in [0.4, 0.5) is 0 Å². The lowest BCUT2D eigenvalue weighted by molar-refractivity contribution is 0.338. The van der Waals surface area contributed by atoms with Crippen molar-refractivity contribution >= 4 is 17.7 Å². The Hall–Kier alpha value is -1.51. The van der Waals surface area contributed by atoms with Crippen LogP contribution in [0.3, 0.4) is 0 Å². The third kappa shape index (κ3) is 1.76. The third-order valence-corrected chi connectivity index (χ3v) is 5.29. The summed E-state index contributed by atoms with van der Waals surface area (Å²) in [5.74, 6) is 1.63.